The Morgan fingerprint density at radius 2 is 1.84 bits per heavy atom. The van der Waals surface area contributed by atoms with E-state index in [0.29, 0.717) is 30.5 Å². The van der Waals surface area contributed by atoms with Crippen LogP contribution in [-0.2, 0) is 14.4 Å². The molecule has 2 N–H and O–H groups in total. The Labute approximate surface area is 222 Å². The first-order valence-corrected chi connectivity index (χ1v) is 13.8. The molecule has 2 amide bonds. The lowest BCUT2D eigenvalue weighted by atomic mass is 9.91. The molecule has 2 heterocycles. The molecule has 5 rings (SSSR count). The molecule has 8 nitrogen and oxygen atoms in total. The number of aromatic nitrogens is 1. The summed E-state index contributed by atoms with van der Waals surface area (Å²) in [6.45, 7) is 2.23. The van der Waals surface area contributed by atoms with Crippen molar-refractivity contribution in [1.82, 2.24) is 15.2 Å². The average molecular weight is 518 g/mol. The molecule has 0 unspecified atom stereocenters. The van der Waals surface area contributed by atoms with Crippen LogP contribution in [0.1, 0.15) is 84.7 Å². The van der Waals surface area contributed by atoms with E-state index in [1.165, 1.54) is 6.20 Å². The molecule has 5 atom stereocenters. The first-order valence-electron chi connectivity index (χ1n) is 13.8. The van der Waals surface area contributed by atoms with E-state index >= 15 is 0 Å². The number of ketones is 3. The molecule has 8 heteroatoms. The Bertz CT molecular complexity index is 1240. The molecule has 1 aromatic carbocycles. The molecule has 38 heavy (non-hydrogen) atoms. The fourth-order valence-corrected chi connectivity index (χ4v) is 6.61. The minimum atomic E-state index is -0.725. The van der Waals surface area contributed by atoms with E-state index in [0.717, 1.165) is 32.1 Å². The fourth-order valence-electron chi connectivity index (χ4n) is 6.61. The van der Waals surface area contributed by atoms with Gasteiger partial charge in [-0.2, -0.15) is 0 Å². The molecule has 0 radical (unpaired) electrons. The van der Waals surface area contributed by atoms with Crippen molar-refractivity contribution in [3.05, 3.63) is 59.4 Å². The van der Waals surface area contributed by atoms with E-state index in [-0.39, 0.29) is 59.0 Å². The first-order chi connectivity index (χ1) is 18.4. The van der Waals surface area contributed by atoms with Crippen LogP contribution < -0.4 is 5.32 Å². The van der Waals surface area contributed by atoms with Crippen LogP contribution in [0.4, 0.5) is 0 Å². The highest BCUT2D eigenvalue weighted by molar-refractivity contribution is 6.10. The average Bonchev–Trinajstić information content (AvgIpc) is 3.72. The van der Waals surface area contributed by atoms with Gasteiger partial charge in [0, 0.05) is 42.6 Å². The second-order valence-electron chi connectivity index (χ2n) is 10.9. The maximum Gasteiger partial charge on any atom is 0.270 e. The molecule has 2 aromatic rings. The summed E-state index contributed by atoms with van der Waals surface area (Å²) in [6.07, 6.45) is 7.04. The van der Waals surface area contributed by atoms with Crippen LogP contribution in [0.2, 0.25) is 0 Å². The number of hydrogen-bond donors (Lipinski definition) is 2. The van der Waals surface area contributed by atoms with Gasteiger partial charge in [0.05, 0.1) is 6.04 Å². The van der Waals surface area contributed by atoms with Crippen LogP contribution in [0.5, 0.6) is 0 Å². The van der Waals surface area contributed by atoms with E-state index in [2.05, 4.69) is 10.3 Å². The van der Waals surface area contributed by atoms with Crippen LogP contribution >= 0.6 is 0 Å². The Hall–Kier alpha value is -3.55. The van der Waals surface area contributed by atoms with Gasteiger partial charge >= 0.3 is 0 Å². The number of fused-ring (bicyclic) bond motifs is 1. The number of rotatable bonds is 9. The van der Waals surface area contributed by atoms with E-state index in [1.807, 2.05) is 6.07 Å². The summed E-state index contributed by atoms with van der Waals surface area (Å²) in [5.74, 6) is -0.698. The van der Waals surface area contributed by atoms with E-state index in [4.69, 9.17) is 0 Å². The molecule has 1 aliphatic heterocycles. The van der Waals surface area contributed by atoms with Crippen molar-refractivity contribution < 1.29 is 24.0 Å². The minimum Gasteiger partial charge on any atom is -0.356 e. The number of carbonyl (C=O) groups is 5. The smallest absolute Gasteiger partial charge is 0.270 e. The van der Waals surface area contributed by atoms with Crippen molar-refractivity contribution in [2.24, 2.45) is 17.8 Å². The van der Waals surface area contributed by atoms with E-state index in [1.54, 1.807) is 42.2 Å². The summed E-state index contributed by atoms with van der Waals surface area (Å²) in [7, 11) is 0. The SMILES string of the molecule is CCC(=O)[C@H](C[C@@H]1CCCC1=O)NC(=O)[C@@H]1[C@H]2CCC[C@H]2CN1C(=O)c1cc(C(=O)c2ccccc2)c[nH]1. The fraction of sp³-hybridized carbons (Fsp3) is 0.500. The molecule has 200 valence electrons. The standard InChI is InChI=1S/C30H35N3O5/c1-2-25(34)23(14-19-10-7-13-26(19)35)32-29(37)27-22-12-6-11-20(22)17-33(27)30(38)24-15-21(16-31-24)28(36)18-8-4-3-5-9-18/h3-5,8-9,15-16,19-20,22-23,27,31H,2,6-7,10-14,17H2,1H3,(H,32,37)/t19-,20-,22-,23-,27-/m0/s1. The number of carbonyl (C=O) groups excluding carboxylic acids is 5. The van der Waals surface area contributed by atoms with Gasteiger partial charge in [0.1, 0.15) is 17.5 Å². The topological polar surface area (TPSA) is 116 Å². The zero-order chi connectivity index (χ0) is 26.8. The summed E-state index contributed by atoms with van der Waals surface area (Å²) < 4.78 is 0. The first kappa shape index (κ1) is 26.1. The number of Topliss-reactive ketones (excluding diaryl/α,β-unsaturated/α-hetero) is 2. The van der Waals surface area contributed by atoms with Crippen molar-refractivity contribution in [3.8, 4) is 0 Å². The largest absolute Gasteiger partial charge is 0.356 e. The van der Waals surface area contributed by atoms with Crippen LogP contribution in [0.3, 0.4) is 0 Å². The normalized spacial score (nSPS) is 25.3. The van der Waals surface area contributed by atoms with Crippen LogP contribution in [0.25, 0.3) is 0 Å². The second kappa shape index (κ2) is 11.1. The highest BCUT2D eigenvalue weighted by atomic mass is 16.2. The number of nitrogens with zero attached hydrogens (tertiary/aromatic N) is 1. The van der Waals surface area contributed by atoms with Crippen LogP contribution in [0, 0.1) is 17.8 Å². The molecular weight excluding hydrogens is 482 g/mol. The van der Waals surface area contributed by atoms with E-state index < -0.39 is 12.1 Å². The second-order valence-corrected chi connectivity index (χ2v) is 10.9. The number of hydrogen-bond acceptors (Lipinski definition) is 5. The van der Waals surface area contributed by atoms with Gasteiger partial charge in [0.15, 0.2) is 11.6 Å². The monoisotopic (exact) mass is 517 g/mol. The number of amides is 2. The van der Waals surface area contributed by atoms with Gasteiger partial charge in [0.25, 0.3) is 5.91 Å². The summed E-state index contributed by atoms with van der Waals surface area (Å²) >= 11 is 0. The van der Waals surface area contributed by atoms with E-state index in [9.17, 15) is 24.0 Å². The summed E-state index contributed by atoms with van der Waals surface area (Å²) in [6, 6.07) is 9.01. The third-order valence-electron chi connectivity index (χ3n) is 8.64. The third-order valence-corrected chi connectivity index (χ3v) is 8.64. The van der Waals surface area contributed by atoms with Gasteiger partial charge < -0.3 is 15.2 Å². The van der Waals surface area contributed by atoms with Gasteiger partial charge in [0.2, 0.25) is 5.91 Å². The lowest BCUT2D eigenvalue weighted by Gasteiger charge is -2.29. The van der Waals surface area contributed by atoms with Crippen LogP contribution in [-0.4, -0.2) is 57.7 Å². The summed E-state index contributed by atoms with van der Waals surface area (Å²) in [4.78, 5) is 69.8. The predicted molar refractivity (Wildman–Crippen MR) is 141 cm³/mol. The molecule has 3 aliphatic rings. The van der Waals surface area contributed by atoms with Gasteiger partial charge in [-0.1, -0.05) is 43.7 Å². The minimum absolute atomic E-state index is 0.0322. The van der Waals surface area contributed by atoms with Crippen molar-refractivity contribution in [3.63, 3.8) is 0 Å². The molecule has 0 bridgehead atoms. The quantitative estimate of drug-likeness (QED) is 0.492. The maximum atomic E-state index is 13.7. The van der Waals surface area contributed by atoms with Gasteiger partial charge in [-0.25, -0.2) is 0 Å². The summed E-state index contributed by atoms with van der Waals surface area (Å²) in [5.41, 5.74) is 1.18. The Kier molecular flexibility index (Phi) is 7.58. The highest BCUT2D eigenvalue weighted by Crippen LogP contribution is 2.43. The predicted octanol–water partition coefficient (Wildman–Crippen LogP) is 3.71. The molecular formula is C30H35N3O5. The highest BCUT2D eigenvalue weighted by Gasteiger charge is 2.50. The van der Waals surface area contributed by atoms with Gasteiger partial charge in [-0.15, -0.1) is 0 Å². The number of nitrogens with one attached hydrogen (secondary N) is 2. The Morgan fingerprint density at radius 1 is 1.05 bits per heavy atom. The molecule has 2 aliphatic carbocycles. The zero-order valence-corrected chi connectivity index (χ0v) is 21.8. The third kappa shape index (κ3) is 5.08. The van der Waals surface area contributed by atoms with Crippen molar-refractivity contribution >= 4 is 29.2 Å². The maximum absolute atomic E-state index is 13.7. The molecule has 3 fully saturated rings. The van der Waals surface area contributed by atoms with Crippen LogP contribution in [0.15, 0.2) is 42.6 Å². The molecule has 0 spiro atoms. The number of aromatic amines is 1. The Morgan fingerprint density at radius 3 is 2.55 bits per heavy atom. The molecule has 1 aromatic heterocycles. The number of likely N-dealkylation sites (tertiary alicyclic amines) is 1. The number of H-pyrrole nitrogens is 1. The zero-order valence-electron chi connectivity index (χ0n) is 21.8. The lowest BCUT2D eigenvalue weighted by molar-refractivity contribution is -0.131. The summed E-state index contributed by atoms with van der Waals surface area (Å²) in [5, 5.41) is 2.95. The van der Waals surface area contributed by atoms with Gasteiger partial charge in [-0.3, -0.25) is 24.0 Å². The van der Waals surface area contributed by atoms with Gasteiger partial charge in [-0.05, 0) is 50.0 Å². The number of benzene rings is 1. The van der Waals surface area contributed by atoms with Crippen molar-refractivity contribution in [2.45, 2.75) is 70.4 Å². The Balaban J connectivity index is 1.34. The van der Waals surface area contributed by atoms with Crippen molar-refractivity contribution in [1.29, 1.82) is 0 Å². The lowest BCUT2D eigenvalue weighted by Crippen LogP contribution is -2.53. The molecule has 2 saturated carbocycles. The van der Waals surface area contributed by atoms with Crippen molar-refractivity contribution in [2.75, 3.05) is 6.54 Å². The molecule has 1 saturated heterocycles.